The summed E-state index contributed by atoms with van der Waals surface area (Å²) in [7, 11) is -6.69. The summed E-state index contributed by atoms with van der Waals surface area (Å²) < 4.78 is 166. The summed E-state index contributed by atoms with van der Waals surface area (Å²) in [6, 6.07) is 0. The molecule has 1 saturated carbocycles. The second-order valence-corrected chi connectivity index (χ2v) is 6.74. The molecule has 0 saturated heterocycles. The van der Waals surface area contributed by atoms with Gasteiger partial charge in [0.25, 0.3) is 0 Å². The van der Waals surface area contributed by atoms with Gasteiger partial charge in [0.2, 0.25) is 0 Å². The third kappa shape index (κ3) is 1.49. The van der Waals surface area contributed by atoms with Crippen molar-refractivity contribution in [2.24, 2.45) is 0 Å². The van der Waals surface area contributed by atoms with E-state index in [4.69, 9.17) is 0 Å². The van der Waals surface area contributed by atoms with E-state index in [9.17, 15) is 56.7 Å². The molecule has 14 heteroatoms. The minimum absolute atomic E-state index is 0.200. The Morgan fingerprint density at radius 3 is 1.05 bits per heavy atom. The van der Waals surface area contributed by atoms with Gasteiger partial charge >= 0.3 is 34.6 Å². The van der Waals surface area contributed by atoms with Crippen molar-refractivity contribution in [3.63, 3.8) is 0 Å². The van der Waals surface area contributed by atoms with Gasteiger partial charge in [-0.25, -0.2) is 12.8 Å². The molecule has 1 rings (SSSR count). The molecule has 2 nitrogen and oxygen atoms in total. The zero-order valence-corrected chi connectivity index (χ0v) is 10.9. The number of alkyl halides is 11. The van der Waals surface area contributed by atoms with Crippen molar-refractivity contribution >= 4 is 9.84 Å². The lowest BCUT2D eigenvalue weighted by molar-refractivity contribution is -0.469. The molecule has 0 amide bonds. The van der Waals surface area contributed by atoms with Gasteiger partial charge in [0.15, 0.2) is 9.84 Å². The molecule has 22 heavy (non-hydrogen) atoms. The quantitative estimate of drug-likeness (QED) is 0.696. The molecule has 0 atom stereocenters. The molecule has 0 aromatic rings. The Kier molecular flexibility index (Phi) is 3.65. The minimum Gasteiger partial charge on any atom is -0.225 e. The minimum atomic E-state index is -7.41. The van der Waals surface area contributed by atoms with Gasteiger partial charge in [0.05, 0.1) is 5.75 Å². The van der Waals surface area contributed by atoms with E-state index in [1.807, 2.05) is 0 Å². The average molecular weight is 374 g/mol. The Balaban J connectivity index is 4.03. The maximum absolute atomic E-state index is 13.9. The first-order valence-corrected chi connectivity index (χ1v) is 6.76. The fourth-order valence-electron chi connectivity index (χ4n) is 1.78. The van der Waals surface area contributed by atoms with E-state index in [1.54, 1.807) is 0 Å². The van der Waals surface area contributed by atoms with Crippen molar-refractivity contribution in [3.8, 4) is 0 Å². The highest BCUT2D eigenvalue weighted by Gasteiger charge is 3.03. The molecular weight excluding hydrogens is 369 g/mol. The molecule has 0 aromatic carbocycles. The van der Waals surface area contributed by atoms with Crippen LogP contribution in [0.3, 0.4) is 0 Å². The zero-order chi connectivity index (χ0) is 18.2. The first-order valence-electron chi connectivity index (χ1n) is 5.11. The fourth-order valence-corrected chi connectivity index (χ4v) is 3.22. The Labute approximate surface area is 115 Å². The first kappa shape index (κ1) is 19.2. The Hall–Kier alpha value is -0.820. The maximum Gasteiger partial charge on any atom is 0.384 e. The van der Waals surface area contributed by atoms with Crippen molar-refractivity contribution in [1.29, 1.82) is 0 Å². The van der Waals surface area contributed by atoms with Crippen molar-refractivity contribution < 1.29 is 56.7 Å². The lowest BCUT2D eigenvalue weighted by atomic mass is 9.80. The van der Waals surface area contributed by atoms with Gasteiger partial charge in [-0.05, 0) is 0 Å². The van der Waals surface area contributed by atoms with E-state index < -0.39 is 50.2 Å². The molecule has 0 spiro atoms. The lowest BCUT2D eigenvalue weighted by Gasteiger charge is -2.51. The molecule has 0 N–H and O–H groups in total. The summed E-state index contributed by atoms with van der Waals surface area (Å²) in [5, 5.41) is -6.93. The Bertz CT molecular complexity index is 549. The van der Waals surface area contributed by atoms with E-state index in [1.165, 1.54) is 0 Å². The van der Waals surface area contributed by atoms with Gasteiger partial charge < -0.3 is 0 Å². The van der Waals surface area contributed by atoms with Crippen LogP contribution in [-0.2, 0) is 9.84 Å². The van der Waals surface area contributed by atoms with Crippen LogP contribution in [0.15, 0.2) is 0 Å². The monoisotopic (exact) mass is 374 g/mol. The number of hydrogen-bond acceptors (Lipinski definition) is 2. The van der Waals surface area contributed by atoms with E-state index in [2.05, 4.69) is 0 Å². The van der Waals surface area contributed by atoms with Gasteiger partial charge in [-0.15, -0.1) is 0 Å². The van der Waals surface area contributed by atoms with E-state index in [-0.39, 0.29) is 6.92 Å². The summed E-state index contributed by atoms with van der Waals surface area (Å²) in [4.78, 5) is 0. The summed E-state index contributed by atoms with van der Waals surface area (Å²) in [6.45, 7) is 0.200. The van der Waals surface area contributed by atoms with Crippen molar-refractivity contribution in [3.05, 3.63) is 0 Å². The Morgan fingerprint density at radius 1 is 0.591 bits per heavy atom. The van der Waals surface area contributed by atoms with Crippen LogP contribution in [-0.4, -0.2) is 48.8 Å². The third-order valence-corrected chi connectivity index (χ3v) is 5.32. The number of hydrogen-bond donors (Lipinski definition) is 0. The van der Waals surface area contributed by atoms with Crippen LogP contribution in [0.4, 0.5) is 48.3 Å². The first-order chi connectivity index (χ1) is 9.31. The smallest absolute Gasteiger partial charge is 0.225 e. The number of halogens is 11. The summed E-state index contributed by atoms with van der Waals surface area (Å²) in [5.41, 5.74) is 0. The van der Waals surface area contributed by atoms with Gasteiger partial charge in [-0.3, -0.25) is 0 Å². The van der Waals surface area contributed by atoms with Crippen LogP contribution in [0.5, 0.6) is 0 Å². The van der Waals surface area contributed by atoms with Crippen molar-refractivity contribution in [1.82, 2.24) is 0 Å². The predicted octanol–water partition coefficient (Wildman–Crippen LogP) is 3.28. The molecule has 0 unspecified atom stereocenters. The van der Waals surface area contributed by atoms with Gasteiger partial charge in [0, 0.05) is 0 Å². The molecule has 0 aromatic heterocycles. The van der Waals surface area contributed by atoms with E-state index in [0.717, 1.165) is 0 Å². The molecule has 0 radical (unpaired) electrons. The highest BCUT2D eigenvalue weighted by Crippen LogP contribution is 2.70. The molecule has 0 heterocycles. The maximum atomic E-state index is 13.9. The van der Waals surface area contributed by atoms with Crippen LogP contribution in [0.1, 0.15) is 6.92 Å². The average Bonchev–Trinajstić information content (AvgIpc) is 2.34. The molecule has 1 aliphatic rings. The molecule has 1 aliphatic carbocycles. The Morgan fingerprint density at radius 2 is 0.818 bits per heavy atom. The van der Waals surface area contributed by atoms with Crippen LogP contribution in [0.2, 0.25) is 0 Å². The van der Waals surface area contributed by atoms with Gasteiger partial charge in [0.1, 0.15) is 0 Å². The van der Waals surface area contributed by atoms with Crippen LogP contribution in [0, 0.1) is 0 Å². The van der Waals surface area contributed by atoms with Crippen molar-refractivity contribution in [2.45, 2.75) is 41.5 Å². The molecular formula is C8H5F11O2S. The zero-order valence-electron chi connectivity index (χ0n) is 10.1. The largest absolute Gasteiger partial charge is 0.384 e. The topological polar surface area (TPSA) is 34.1 Å². The number of sulfone groups is 1. The molecule has 132 valence electrons. The predicted molar refractivity (Wildman–Crippen MR) is 48.0 cm³/mol. The third-order valence-electron chi connectivity index (χ3n) is 3.19. The second kappa shape index (κ2) is 4.17. The van der Waals surface area contributed by atoms with Crippen LogP contribution < -0.4 is 0 Å². The van der Waals surface area contributed by atoms with Crippen LogP contribution >= 0.6 is 0 Å². The SMILES string of the molecule is CCS(=O)(=O)C1(F)C(F)(F)C(F)(F)C(F)(F)C(F)(F)C1(F)F. The molecule has 1 fully saturated rings. The van der Waals surface area contributed by atoms with Crippen molar-refractivity contribution in [2.75, 3.05) is 5.75 Å². The number of rotatable bonds is 2. The normalized spacial score (nSPS) is 30.7. The van der Waals surface area contributed by atoms with E-state index >= 15 is 0 Å². The standard InChI is InChI=1S/C8H5F11O2S/c1-2-22(20,21)8(19)6(15,16)4(11,12)3(9,10)5(13,14)7(8,17)18/h2H2,1H3. The van der Waals surface area contributed by atoms with E-state index in [0.29, 0.717) is 0 Å². The van der Waals surface area contributed by atoms with Gasteiger partial charge in [-0.2, -0.15) is 43.9 Å². The van der Waals surface area contributed by atoms with Gasteiger partial charge in [-0.1, -0.05) is 6.92 Å². The summed E-state index contributed by atoms with van der Waals surface area (Å²) in [6.07, 6.45) is 0. The second-order valence-electron chi connectivity index (χ2n) is 4.37. The molecule has 0 bridgehead atoms. The highest BCUT2D eigenvalue weighted by atomic mass is 32.2. The lowest BCUT2D eigenvalue weighted by Crippen LogP contribution is -2.85. The summed E-state index contributed by atoms with van der Waals surface area (Å²) >= 11 is 0. The summed E-state index contributed by atoms with van der Waals surface area (Å²) in [5.74, 6) is -38.9. The molecule has 0 aliphatic heterocycles. The van der Waals surface area contributed by atoms with Crippen LogP contribution in [0.25, 0.3) is 0 Å². The highest BCUT2D eigenvalue weighted by molar-refractivity contribution is 7.92. The fraction of sp³-hybridized carbons (Fsp3) is 1.00.